The molecule has 10 atom stereocenters. The summed E-state index contributed by atoms with van der Waals surface area (Å²) in [6.07, 6.45) is 13.7. The Balaban J connectivity index is 0.912. The average molecular weight is 914 g/mol. The fourth-order valence-corrected chi connectivity index (χ4v) is 12.8. The minimum Gasteiger partial charge on any atom is -0.376 e. The highest BCUT2D eigenvalue weighted by molar-refractivity contribution is 5.88. The van der Waals surface area contributed by atoms with Crippen LogP contribution in [0.1, 0.15) is 154 Å². The number of nitrogens with zero attached hydrogens (tertiary/aromatic N) is 4. The maximum atomic E-state index is 14.6. The summed E-state index contributed by atoms with van der Waals surface area (Å²) in [5.74, 6) is 1.20. The summed E-state index contributed by atoms with van der Waals surface area (Å²) in [5.41, 5.74) is 9.15. The molecule has 0 saturated carbocycles. The van der Waals surface area contributed by atoms with Crippen LogP contribution in [0.5, 0.6) is 0 Å². The van der Waals surface area contributed by atoms with Crippen molar-refractivity contribution < 1.29 is 28.7 Å². The number of amides is 3. The van der Waals surface area contributed by atoms with Gasteiger partial charge in [0.05, 0.1) is 60.3 Å². The van der Waals surface area contributed by atoms with E-state index in [1.807, 2.05) is 36.0 Å². The van der Waals surface area contributed by atoms with Crippen LogP contribution >= 0.6 is 0 Å². The minimum atomic E-state index is -0.610. The van der Waals surface area contributed by atoms with Crippen molar-refractivity contribution in [1.29, 1.82) is 0 Å². The van der Waals surface area contributed by atoms with E-state index in [-0.39, 0.29) is 96.3 Å². The van der Waals surface area contributed by atoms with Crippen molar-refractivity contribution >= 4 is 23.5 Å². The number of rotatable bonds is 12. The molecule has 358 valence electrons. The molecule has 2 aromatic heterocycles. The Morgan fingerprint density at radius 2 is 1.13 bits per heavy atom. The van der Waals surface area contributed by atoms with Gasteiger partial charge in [-0.05, 0) is 159 Å². The van der Waals surface area contributed by atoms with Gasteiger partial charge >= 0.3 is 0 Å². The van der Waals surface area contributed by atoms with Gasteiger partial charge in [0.25, 0.3) is 0 Å². The molecule has 3 amide bonds. The second-order valence-corrected chi connectivity index (χ2v) is 21.0. The first-order valence-electron chi connectivity index (χ1n) is 25.2. The van der Waals surface area contributed by atoms with Gasteiger partial charge in [0.2, 0.25) is 17.7 Å². The molecule has 4 aromatic rings. The molecule has 4 fully saturated rings. The molecule has 6 heterocycles. The maximum absolute atomic E-state index is 14.6. The Hall–Kier alpha value is -5.14. The predicted octanol–water partition coefficient (Wildman–Crippen LogP) is 9.23. The highest BCUT2D eigenvalue weighted by Gasteiger charge is 2.46. The van der Waals surface area contributed by atoms with E-state index in [2.05, 4.69) is 79.4 Å². The van der Waals surface area contributed by atoms with E-state index in [9.17, 15) is 19.2 Å². The van der Waals surface area contributed by atoms with Crippen LogP contribution in [-0.4, -0.2) is 95.8 Å². The summed E-state index contributed by atoms with van der Waals surface area (Å²) >= 11 is 0. The molecular formula is C54H71N7O6. The fraction of sp³-hybridized carbons (Fsp3) is 0.593. The Bertz CT molecular complexity index is 2440. The third-order valence-corrected chi connectivity index (χ3v) is 15.7. The van der Waals surface area contributed by atoms with Crippen molar-refractivity contribution in [3.63, 3.8) is 0 Å². The summed E-state index contributed by atoms with van der Waals surface area (Å²) in [7, 11) is 0. The molecule has 5 aliphatic rings. The van der Waals surface area contributed by atoms with E-state index < -0.39 is 6.04 Å². The van der Waals surface area contributed by atoms with E-state index in [0.717, 1.165) is 110 Å². The van der Waals surface area contributed by atoms with Crippen molar-refractivity contribution in [3.05, 3.63) is 71.6 Å². The van der Waals surface area contributed by atoms with Gasteiger partial charge in [0, 0.05) is 36.9 Å². The first-order chi connectivity index (χ1) is 32.1. The Morgan fingerprint density at radius 3 is 1.70 bits per heavy atom. The van der Waals surface area contributed by atoms with Gasteiger partial charge in [-0.1, -0.05) is 36.4 Å². The smallest absolute Gasteiger partial charge is 0.246 e. The second-order valence-electron chi connectivity index (χ2n) is 21.0. The molecule has 1 aliphatic carbocycles. The number of Topliss-reactive ketones (excluding diaryl/α,β-unsaturated/α-hetero) is 1. The van der Waals surface area contributed by atoms with Crippen molar-refractivity contribution in [2.24, 2.45) is 17.8 Å². The predicted molar refractivity (Wildman–Crippen MR) is 257 cm³/mol. The first kappa shape index (κ1) is 46.9. The number of fused-ring (bicyclic) bond motifs is 1. The topological polar surface area (TPSA) is 163 Å². The van der Waals surface area contributed by atoms with Crippen molar-refractivity contribution in [2.75, 3.05) is 0 Å². The normalized spacial score (nSPS) is 29.4. The van der Waals surface area contributed by atoms with E-state index in [1.54, 1.807) is 6.92 Å². The number of H-pyrrole nitrogens is 2. The van der Waals surface area contributed by atoms with Crippen LogP contribution in [0.2, 0.25) is 0 Å². The van der Waals surface area contributed by atoms with Gasteiger partial charge in [-0.3, -0.25) is 14.4 Å². The second kappa shape index (κ2) is 19.5. The number of aromatic nitrogens is 4. The highest BCUT2D eigenvalue weighted by Crippen LogP contribution is 2.44. The molecule has 13 nitrogen and oxygen atoms in total. The van der Waals surface area contributed by atoms with Crippen LogP contribution in [0, 0.1) is 17.8 Å². The third kappa shape index (κ3) is 9.64. The average Bonchev–Trinajstić information content (AvgIpc) is 4.14. The molecular weight excluding hydrogens is 843 g/mol. The molecule has 0 unspecified atom stereocenters. The van der Waals surface area contributed by atoms with E-state index in [1.165, 1.54) is 23.6 Å². The monoisotopic (exact) mass is 914 g/mol. The van der Waals surface area contributed by atoms with Crippen LogP contribution < -0.4 is 5.32 Å². The number of benzene rings is 2. The number of ether oxygens (including phenoxy) is 2. The van der Waals surface area contributed by atoms with Crippen LogP contribution in [-0.2, 0) is 41.5 Å². The fourth-order valence-electron chi connectivity index (χ4n) is 12.8. The van der Waals surface area contributed by atoms with Crippen molar-refractivity contribution in [3.8, 4) is 33.6 Å². The number of carbonyl (C=O) groups is 4. The summed E-state index contributed by atoms with van der Waals surface area (Å²) in [6, 6.07) is 12.2. The molecule has 13 heteroatoms. The van der Waals surface area contributed by atoms with Gasteiger partial charge < -0.3 is 39.4 Å². The number of hydrogen-bond donors (Lipinski definition) is 3. The zero-order valence-electron chi connectivity index (χ0n) is 40.8. The van der Waals surface area contributed by atoms with Crippen LogP contribution in [0.3, 0.4) is 0 Å². The van der Waals surface area contributed by atoms with Crippen LogP contribution in [0.15, 0.2) is 48.8 Å². The summed E-state index contributed by atoms with van der Waals surface area (Å²) in [5, 5.41) is 3.03. The summed E-state index contributed by atoms with van der Waals surface area (Å²) < 4.78 is 12.0. The Labute approximate surface area is 396 Å². The number of likely N-dealkylation sites (tertiary alicyclic amines) is 2. The lowest BCUT2D eigenvalue weighted by molar-refractivity contribution is -0.146. The van der Waals surface area contributed by atoms with Crippen molar-refractivity contribution in [1.82, 2.24) is 35.1 Å². The lowest BCUT2D eigenvalue weighted by Crippen LogP contribution is -2.55. The standard InChI is InChI=1S/C54H71N7O6/c1-29-12-20-48(60(29)53(64)45(22-31(3)62)39-23-32(4)66-33(5)24-39)52-56-28-47(59-52)44-19-18-41(42-10-9-11-43(42)44)37-14-16-38(17-15-37)46-27-55-51(58-46)49-21-13-30(2)61(49)54(65)50(57-36(8)63)40-25-34(6)67-35(7)26-40/h14-19,27-30,32-35,39-40,45,48-50H,9-13,20-26H2,1-8H3,(H,55,58)(H,56,59)(H,57,63)/t29-,30-,32+,33+,34+,35+,45-,48-,49-,50-/m0/s1. The molecule has 3 N–H and O–H groups in total. The van der Waals surface area contributed by atoms with Gasteiger partial charge in [-0.25, -0.2) is 9.97 Å². The number of aromatic amines is 2. The van der Waals surface area contributed by atoms with Crippen molar-refractivity contribution in [2.45, 2.75) is 187 Å². The van der Waals surface area contributed by atoms with Gasteiger partial charge in [0.1, 0.15) is 23.5 Å². The minimum absolute atomic E-state index is 0.00432. The highest BCUT2D eigenvalue weighted by atomic mass is 16.5. The lowest BCUT2D eigenvalue weighted by atomic mass is 9.78. The molecule has 0 radical (unpaired) electrons. The number of imidazole rings is 2. The SMILES string of the molecule is CC(=O)C[C@H](C(=O)N1[C@@H](C)CC[C@H]1c1ncc(-c2ccc(-c3ccc(-c4cnc([C@@H]5CC[C@H](C)N5C(=O)[C@@H](NC(C)=O)C5C[C@@H](C)O[C@H](C)C5)[nH]4)cc3)c3c2CCC3)[nH]1)C1C[C@@H](C)O[C@H](C)C1. The lowest BCUT2D eigenvalue weighted by Gasteiger charge is -2.39. The zero-order chi connectivity index (χ0) is 47.3. The maximum Gasteiger partial charge on any atom is 0.246 e. The molecule has 4 aliphatic heterocycles. The number of nitrogens with one attached hydrogen (secondary N) is 3. The van der Waals surface area contributed by atoms with Crippen LogP contribution in [0.4, 0.5) is 0 Å². The summed E-state index contributed by atoms with van der Waals surface area (Å²) in [4.78, 5) is 75.0. The molecule has 2 aromatic carbocycles. The molecule has 4 saturated heterocycles. The Kier molecular flexibility index (Phi) is 13.6. The number of carbonyl (C=O) groups excluding carboxylic acids is 4. The van der Waals surface area contributed by atoms with E-state index in [4.69, 9.17) is 19.4 Å². The molecule has 0 spiro atoms. The van der Waals surface area contributed by atoms with E-state index >= 15 is 0 Å². The first-order valence-corrected chi connectivity index (χ1v) is 25.2. The zero-order valence-corrected chi connectivity index (χ0v) is 40.8. The third-order valence-electron chi connectivity index (χ3n) is 15.7. The molecule has 67 heavy (non-hydrogen) atoms. The number of ketones is 1. The molecule has 0 bridgehead atoms. The largest absolute Gasteiger partial charge is 0.376 e. The van der Waals surface area contributed by atoms with Gasteiger partial charge in [0.15, 0.2) is 0 Å². The Morgan fingerprint density at radius 1 is 0.642 bits per heavy atom. The molecule has 9 rings (SSSR count). The quantitative estimate of drug-likeness (QED) is 0.127. The van der Waals surface area contributed by atoms with Gasteiger partial charge in [-0.2, -0.15) is 0 Å². The number of hydrogen-bond acceptors (Lipinski definition) is 8. The van der Waals surface area contributed by atoms with E-state index in [0.29, 0.717) is 0 Å². The van der Waals surface area contributed by atoms with Crippen LogP contribution in [0.25, 0.3) is 33.6 Å². The summed E-state index contributed by atoms with van der Waals surface area (Å²) in [6.45, 7) is 15.5. The van der Waals surface area contributed by atoms with Gasteiger partial charge in [-0.15, -0.1) is 0 Å².